The Morgan fingerprint density at radius 3 is 2.73 bits per heavy atom. The lowest BCUT2D eigenvalue weighted by atomic mass is 9.92. The van der Waals surface area contributed by atoms with E-state index in [1.165, 1.54) is 11.1 Å². The van der Waals surface area contributed by atoms with Gasteiger partial charge in [0.2, 0.25) is 5.91 Å². The zero-order chi connectivity index (χ0) is 30.8. The number of anilines is 1. The van der Waals surface area contributed by atoms with Crippen molar-refractivity contribution in [2.24, 2.45) is 5.92 Å². The zero-order valence-corrected chi connectivity index (χ0v) is 25.0. The minimum atomic E-state index is -1.09. The smallest absolute Gasteiger partial charge is 0.322 e. The van der Waals surface area contributed by atoms with Crippen molar-refractivity contribution >= 4 is 23.5 Å². The number of aromatic nitrogens is 2. The number of carboxylic acid groups (broad SMARTS) is 1. The zero-order valence-electron chi connectivity index (χ0n) is 25.0. The Morgan fingerprint density at radius 2 is 1.89 bits per heavy atom. The lowest BCUT2D eigenvalue weighted by Crippen LogP contribution is -2.36. The lowest BCUT2D eigenvalue weighted by molar-refractivity contribution is -0.135. The van der Waals surface area contributed by atoms with Crippen LogP contribution in [0.3, 0.4) is 0 Å². The molecular weight excluding hydrogens is 556 g/mol. The van der Waals surface area contributed by atoms with Crippen LogP contribution in [0.5, 0.6) is 5.75 Å². The van der Waals surface area contributed by atoms with Crippen molar-refractivity contribution in [1.29, 1.82) is 0 Å². The summed E-state index contributed by atoms with van der Waals surface area (Å²) in [5, 5.41) is 15.8. The number of aliphatic carboxylic acids is 1. The van der Waals surface area contributed by atoms with Gasteiger partial charge in [0.1, 0.15) is 12.3 Å². The summed E-state index contributed by atoms with van der Waals surface area (Å²) in [6.45, 7) is 5.40. The maximum atomic E-state index is 13.5. The first kappa shape index (κ1) is 29.2. The van der Waals surface area contributed by atoms with Gasteiger partial charge in [0.15, 0.2) is 0 Å². The van der Waals surface area contributed by atoms with Gasteiger partial charge in [0, 0.05) is 36.0 Å². The number of hydrogen-bond donors (Lipinski definition) is 2. The summed E-state index contributed by atoms with van der Waals surface area (Å²) < 4.78 is 7.82. The molecule has 226 valence electrons. The number of fused-ring (bicyclic) bond motifs is 3. The maximum Gasteiger partial charge on any atom is 0.322 e. The standard InChI is InChI=1S/C35H36N4O5/c1-22-7-3-12-31(23(22)2)44-14-6-13-32(40)39-21-26-16-29(26)34-28(10-5-11-30(34)39)27-17-37-38(20-27)19-24-8-4-9-25(15-24)35(43)36-18-33(41)42/h3-5,7-12,15,17,20,26,29H,6,13-14,16,18-19,21H2,1-2H3,(H,36,43)(H,41,42)/t26-,29-/m0/s1. The molecule has 1 fully saturated rings. The highest BCUT2D eigenvalue weighted by Gasteiger charge is 2.47. The fourth-order valence-corrected chi connectivity index (χ4v) is 6.07. The first-order valence-corrected chi connectivity index (χ1v) is 15.0. The Hall–Kier alpha value is -4.92. The molecule has 9 heteroatoms. The van der Waals surface area contributed by atoms with Crippen LogP contribution in [0.4, 0.5) is 5.69 Å². The van der Waals surface area contributed by atoms with Gasteiger partial charge in [-0.1, -0.05) is 36.4 Å². The summed E-state index contributed by atoms with van der Waals surface area (Å²) in [5.41, 5.74) is 7.89. The van der Waals surface area contributed by atoms with Crippen molar-refractivity contribution in [3.8, 4) is 16.9 Å². The van der Waals surface area contributed by atoms with Crippen LogP contribution in [0, 0.1) is 19.8 Å². The van der Waals surface area contributed by atoms with Crippen molar-refractivity contribution < 1.29 is 24.2 Å². The summed E-state index contributed by atoms with van der Waals surface area (Å²) in [6.07, 6.45) is 6.00. The van der Waals surface area contributed by atoms with Gasteiger partial charge in [-0.05, 0) is 90.6 Å². The van der Waals surface area contributed by atoms with Crippen LogP contribution in [0.1, 0.15) is 57.8 Å². The number of aryl methyl sites for hydroxylation is 1. The van der Waals surface area contributed by atoms with E-state index in [1.54, 1.807) is 18.2 Å². The molecule has 0 unspecified atom stereocenters. The number of nitrogens with zero attached hydrogens (tertiary/aromatic N) is 3. The fraction of sp³-hybridized carbons (Fsp3) is 0.314. The largest absolute Gasteiger partial charge is 0.493 e. The molecule has 2 aliphatic rings. The van der Waals surface area contributed by atoms with Gasteiger partial charge in [-0.25, -0.2) is 0 Å². The first-order chi connectivity index (χ1) is 21.3. The number of carboxylic acids is 1. The Morgan fingerprint density at radius 1 is 1.07 bits per heavy atom. The number of nitrogens with one attached hydrogen (secondary N) is 1. The Kier molecular flexibility index (Phi) is 8.19. The summed E-state index contributed by atoms with van der Waals surface area (Å²) in [6, 6.07) is 19.3. The van der Waals surface area contributed by atoms with Crippen LogP contribution in [0.25, 0.3) is 11.1 Å². The molecule has 44 heavy (non-hydrogen) atoms. The molecule has 1 saturated carbocycles. The van der Waals surface area contributed by atoms with Gasteiger partial charge in [0.05, 0.1) is 19.3 Å². The molecule has 0 saturated heterocycles. The second kappa shape index (κ2) is 12.4. The highest BCUT2D eigenvalue weighted by molar-refractivity contribution is 5.97. The summed E-state index contributed by atoms with van der Waals surface area (Å²) in [4.78, 5) is 38.5. The van der Waals surface area contributed by atoms with Crippen LogP contribution in [-0.4, -0.2) is 52.4 Å². The molecule has 0 radical (unpaired) electrons. The van der Waals surface area contributed by atoms with Crippen LogP contribution in [0.2, 0.25) is 0 Å². The van der Waals surface area contributed by atoms with Gasteiger partial charge >= 0.3 is 5.97 Å². The quantitative estimate of drug-likeness (QED) is 0.227. The van der Waals surface area contributed by atoms with Crippen LogP contribution in [0.15, 0.2) is 73.1 Å². The van der Waals surface area contributed by atoms with Crippen molar-refractivity contribution in [3.05, 3.63) is 101 Å². The molecule has 1 aromatic heterocycles. The van der Waals surface area contributed by atoms with E-state index in [0.717, 1.165) is 46.7 Å². The van der Waals surface area contributed by atoms with Gasteiger partial charge in [0.25, 0.3) is 5.91 Å². The molecule has 9 nitrogen and oxygen atoms in total. The Balaban J connectivity index is 1.13. The van der Waals surface area contributed by atoms with E-state index in [0.29, 0.717) is 43.4 Å². The highest BCUT2D eigenvalue weighted by atomic mass is 16.5. The van der Waals surface area contributed by atoms with Crippen LogP contribution < -0.4 is 15.0 Å². The summed E-state index contributed by atoms with van der Waals surface area (Å²) in [5.74, 6) is 0.400. The van der Waals surface area contributed by atoms with E-state index >= 15 is 0 Å². The third kappa shape index (κ3) is 6.22. The molecule has 0 spiro atoms. The second-order valence-corrected chi connectivity index (χ2v) is 11.7. The summed E-state index contributed by atoms with van der Waals surface area (Å²) in [7, 11) is 0. The number of benzene rings is 3. The topological polar surface area (TPSA) is 114 Å². The van der Waals surface area contributed by atoms with Crippen molar-refractivity contribution in [2.45, 2.75) is 45.6 Å². The number of carbonyl (C=O) groups is 3. The van der Waals surface area contributed by atoms with Crippen LogP contribution in [-0.2, 0) is 16.1 Å². The minimum absolute atomic E-state index is 0.126. The van der Waals surface area contributed by atoms with Crippen molar-refractivity contribution in [1.82, 2.24) is 15.1 Å². The number of rotatable bonds is 11. The molecule has 4 aromatic rings. The molecular formula is C35H36N4O5. The molecule has 6 rings (SSSR count). The first-order valence-electron chi connectivity index (χ1n) is 15.0. The predicted molar refractivity (Wildman–Crippen MR) is 167 cm³/mol. The number of hydrogen-bond acceptors (Lipinski definition) is 5. The minimum Gasteiger partial charge on any atom is -0.493 e. The number of ether oxygens (including phenoxy) is 1. The molecule has 2 N–H and O–H groups in total. The normalized spacial score (nSPS) is 16.5. The molecule has 1 aliphatic carbocycles. The van der Waals surface area contributed by atoms with E-state index in [2.05, 4.69) is 42.5 Å². The lowest BCUT2D eigenvalue weighted by Gasteiger charge is -2.30. The second-order valence-electron chi connectivity index (χ2n) is 11.7. The maximum absolute atomic E-state index is 13.5. The Bertz CT molecular complexity index is 1730. The number of amides is 2. The van der Waals surface area contributed by atoms with E-state index in [-0.39, 0.29) is 5.91 Å². The van der Waals surface area contributed by atoms with Crippen molar-refractivity contribution in [2.75, 3.05) is 24.6 Å². The molecule has 2 heterocycles. The molecule has 0 bridgehead atoms. The van der Waals surface area contributed by atoms with Gasteiger partial charge in [-0.3, -0.25) is 19.1 Å². The average Bonchev–Trinajstić information content (AvgIpc) is 3.67. The van der Waals surface area contributed by atoms with Crippen molar-refractivity contribution in [3.63, 3.8) is 0 Å². The third-order valence-electron chi connectivity index (χ3n) is 8.61. The molecule has 1 aliphatic heterocycles. The van der Waals surface area contributed by atoms with Gasteiger partial charge in [-0.15, -0.1) is 0 Å². The van der Waals surface area contributed by atoms with Gasteiger partial charge < -0.3 is 20.1 Å². The van der Waals surface area contributed by atoms with E-state index in [9.17, 15) is 14.4 Å². The SMILES string of the molecule is Cc1cccc(OCCCC(=O)N2C[C@@H]3C[C@@H]3c3c(-c4cnn(Cc5cccc(C(=O)NCC(=O)O)c5)c4)cccc32)c1C. The fourth-order valence-electron chi connectivity index (χ4n) is 6.07. The molecule has 3 aromatic carbocycles. The molecule has 2 atom stereocenters. The van der Waals surface area contributed by atoms with Crippen LogP contribution >= 0.6 is 0 Å². The Labute approximate surface area is 256 Å². The monoisotopic (exact) mass is 592 g/mol. The highest BCUT2D eigenvalue weighted by Crippen LogP contribution is 2.57. The third-order valence-corrected chi connectivity index (χ3v) is 8.61. The predicted octanol–water partition coefficient (Wildman–Crippen LogP) is 5.34. The van der Waals surface area contributed by atoms with E-state index in [1.807, 2.05) is 46.2 Å². The summed E-state index contributed by atoms with van der Waals surface area (Å²) >= 11 is 0. The van der Waals surface area contributed by atoms with E-state index in [4.69, 9.17) is 9.84 Å². The number of carbonyl (C=O) groups excluding carboxylic acids is 2. The molecule has 2 amide bonds. The average molecular weight is 593 g/mol. The van der Waals surface area contributed by atoms with Gasteiger partial charge in [-0.2, -0.15) is 5.10 Å². The van der Waals surface area contributed by atoms with E-state index < -0.39 is 18.4 Å².